The van der Waals surface area contributed by atoms with Crippen molar-refractivity contribution in [2.24, 2.45) is 0 Å². The molecular weight excluding hydrogens is 306 g/mol. The Bertz CT molecular complexity index is 695. The van der Waals surface area contributed by atoms with Crippen LogP contribution in [0.25, 0.3) is 5.69 Å². The third-order valence-corrected chi connectivity index (χ3v) is 4.60. The van der Waals surface area contributed by atoms with Crippen LogP contribution in [0.3, 0.4) is 0 Å². The van der Waals surface area contributed by atoms with Crippen molar-refractivity contribution < 1.29 is 14.3 Å². The highest BCUT2D eigenvalue weighted by Gasteiger charge is 2.37. The Labute approximate surface area is 141 Å². The molecule has 0 bridgehead atoms. The van der Waals surface area contributed by atoms with E-state index >= 15 is 0 Å². The summed E-state index contributed by atoms with van der Waals surface area (Å²) >= 11 is 0. The first-order chi connectivity index (χ1) is 11.8. The van der Waals surface area contributed by atoms with Gasteiger partial charge in [0.25, 0.3) is 5.91 Å². The average Bonchev–Trinajstić information content (AvgIpc) is 3.34. The molecule has 6 heteroatoms. The molecule has 0 radical (unpaired) electrons. The van der Waals surface area contributed by atoms with E-state index < -0.39 is 0 Å². The number of nitrogens with zero attached hydrogens (tertiary/aromatic N) is 3. The molecule has 3 heterocycles. The average molecular weight is 327 g/mol. The summed E-state index contributed by atoms with van der Waals surface area (Å²) in [6, 6.07) is 11.5. The quantitative estimate of drug-likeness (QED) is 0.867. The second kappa shape index (κ2) is 6.75. The molecule has 0 spiro atoms. The van der Waals surface area contributed by atoms with Gasteiger partial charge in [-0.05, 0) is 37.5 Å². The lowest BCUT2D eigenvalue weighted by Gasteiger charge is -2.37. The van der Waals surface area contributed by atoms with Gasteiger partial charge in [0.1, 0.15) is 0 Å². The number of carbonyl (C=O) groups is 1. The van der Waals surface area contributed by atoms with Crippen LogP contribution >= 0.6 is 0 Å². The van der Waals surface area contributed by atoms with Crippen molar-refractivity contribution in [3.63, 3.8) is 0 Å². The summed E-state index contributed by atoms with van der Waals surface area (Å²) in [6.45, 7) is 1.93. The molecule has 1 unspecified atom stereocenters. The monoisotopic (exact) mass is 327 g/mol. The summed E-state index contributed by atoms with van der Waals surface area (Å²) in [5.41, 5.74) is 1.40. The molecule has 1 aromatic carbocycles. The minimum Gasteiger partial charge on any atom is -0.348 e. The molecular formula is C18H21N3O3. The van der Waals surface area contributed by atoms with Crippen molar-refractivity contribution in [2.75, 3.05) is 19.8 Å². The van der Waals surface area contributed by atoms with Crippen molar-refractivity contribution >= 4 is 5.91 Å². The third-order valence-electron chi connectivity index (χ3n) is 4.60. The molecule has 2 aromatic rings. The topological polar surface area (TPSA) is 56.6 Å². The Morgan fingerprint density at radius 1 is 1.08 bits per heavy atom. The van der Waals surface area contributed by atoms with Crippen LogP contribution in [-0.2, 0) is 9.47 Å². The summed E-state index contributed by atoms with van der Waals surface area (Å²) in [7, 11) is 0. The molecule has 6 nitrogen and oxygen atoms in total. The van der Waals surface area contributed by atoms with E-state index in [1.807, 2.05) is 41.4 Å². The lowest BCUT2D eigenvalue weighted by Crippen LogP contribution is -2.50. The molecule has 2 saturated heterocycles. The number of piperidine rings is 1. The molecule has 0 saturated carbocycles. The largest absolute Gasteiger partial charge is 0.348 e. The van der Waals surface area contributed by atoms with Crippen LogP contribution in [0.2, 0.25) is 0 Å². The molecule has 24 heavy (non-hydrogen) atoms. The van der Waals surface area contributed by atoms with Crippen LogP contribution in [0, 0.1) is 0 Å². The Balaban J connectivity index is 1.54. The second-order valence-corrected chi connectivity index (χ2v) is 6.15. The van der Waals surface area contributed by atoms with Gasteiger partial charge in [-0.25, -0.2) is 4.68 Å². The molecule has 126 valence electrons. The van der Waals surface area contributed by atoms with E-state index in [1.54, 1.807) is 10.7 Å². The number of hydrogen-bond acceptors (Lipinski definition) is 4. The maximum absolute atomic E-state index is 13.0. The van der Waals surface area contributed by atoms with Gasteiger partial charge in [0, 0.05) is 12.7 Å². The Kier molecular flexibility index (Phi) is 4.32. The van der Waals surface area contributed by atoms with Crippen LogP contribution in [-0.4, -0.2) is 52.7 Å². The first-order valence-corrected chi connectivity index (χ1v) is 8.48. The molecule has 1 amide bonds. The van der Waals surface area contributed by atoms with Gasteiger partial charge >= 0.3 is 0 Å². The van der Waals surface area contributed by atoms with Gasteiger partial charge < -0.3 is 14.4 Å². The highest BCUT2D eigenvalue weighted by atomic mass is 16.7. The zero-order chi connectivity index (χ0) is 16.4. The maximum Gasteiger partial charge on any atom is 0.274 e. The fourth-order valence-electron chi connectivity index (χ4n) is 3.40. The van der Waals surface area contributed by atoms with Crippen molar-refractivity contribution in [1.29, 1.82) is 0 Å². The number of amides is 1. The van der Waals surface area contributed by atoms with E-state index in [1.165, 1.54) is 0 Å². The number of ether oxygens (including phenoxy) is 2. The van der Waals surface area contributed by atoms with E-state index in [-0.39, 0.29) is 18.2 Å². The normalized spacial score (nSPS) is 22.0. The second-order valence-electron chi connectivity index (χ2n) is 6.15. The van der Waals surface area contributed by atoms with Crippen molar-refractivity contribution in [1.82, 2.24) is 14.7 Å². The van der Waals surface area contributed by atoms with Gasteiger partial charge in [-0.3, -0.25) is 4.79 Å². The molecule has 0 N–H and O–H groups in total. The third kappa shape index (κ3) is 2.95. The zero-order valence-corrected chi connectivity index (χ0v) is 13.5. The van der Waals surface area contributed by atoms with Crippen molar-refractivity contribution in [2.45, 2.75) is 31.6 Å². The van der Waals surface area contributed by atoms with Gasteiger partial charge in [-0.15, -0.1) is 0 Å². The number of benzene rings is 1. The summed E-state index contributed by atoms with van der Waals surface area (Å²) in [5, 5.41) is 4.46. The molecule has 4 rings (SSSR count). The van der Waals surface area contributed by atoms with E-state index in [0.29, 0.717) is 18.9 Å². The first kappa shape index (κ1) is 15.4. The maximum atomic E-state index is 13.0. The number of rotatable bonds is 3. The van der Waals surface area contributed by atoms with Crippen molar-refractivity contribution in [3.8, 4) is 5.69 Å². The van der Waals surface area contributed by atoms with Crippen LogP contribution in [0.1, 0.15) is 29.8 Å². The molecule has 2 aliphatic rings. The highest BCUT2D eigenvalue weighted by molar-refractivity contribution is 5.92. The number of para-hydroxylation sites is 1. The van der Waals surface area contributed by atoms with Crippen LogP contribution in [0.15, 0.2) is 42.6 Å². The fourth-order valence-corrected chi connectivity index (χ4v) is 3.40. The summed E-state index contributed by atoms with van der Waals surface area (Å²) in [6.07, 6.45) is 4.54. The summed E-state index contributed by atoms with van der Waals surface area (Å²) < 4.78 is 13.0. The SMILES string of the molecule is O=C(c1ccn(-c2ccccc2)n1)N1CCCCC1C1OCCO1. The minimum absolute atomic E-state index is 0.0179. The van der Waals surface area contributed by atoms with Crippen LogP contribution < -0.4 is 0 Å². The van der Waals surface area contributed by atoms with Gasteiger partial charge in [0.15, 0.2) is 12.0 Å². The molecule has 0 aliphatic carbocycles. The van der Waals surface area contributed by atoms with Gasteiger partial charge in [0.2, 0.25) is 0 Å². The summed E-state index contributed by atoms with van der Waals surface area (Å²) in [4.78, 5) is 14.8. The predicted molar refractivity (Wildman–Crippen MR) is 87.9 cm³/mol. The Hall–Kier alpha value is -2.18. The van der Waals surface area contributed by atoms with E-state index in [2.05, 4.69) is 5.10 Å². The van der Waals surface area contributed by atoms with Crippen LogP contribution in [0.5, 0.6) is 0 Å². The summed E-state index contributed by atoms with van der Waals surface area (Å²) in [5.74, 6) is -0.0477. The number of likely N-dealkylation sites (tertiary alicyclic amines) is 1. The van der Waals surface area contributed by atoms with E-state index in [9.17, 15) is 4.79 Å². The van der Waals surface area contributed by atoms with E-state index in [0.717, 1.165) is 31.5 Å². The minimum atomic E-state index is -0.301. The lowest BCUT2D eigenvalue weighted by atomic mass is 10.0. The Morgan fingerprint density at radius 3 is 2.67 bits per heavy atom. The van der Waals surface area contributed by atoms with Gasteiger partial charge in [-0.1, -0.05) is 18.2 Å². The number of aromatic nitrogens is 2. The Morgan fingerprint density at radius 2 is 1.88 bits per heavy atom. The highest BCUT2D eigenvalue weighted by Crippen LogP contribution is 2.25. The fraction of sp³-hybridized carbons (Fsp3) is 0.444. The van der Waals surface area contributed by atoms with Crippen LogP contribution in [0.4, 0.5) is 0 Å². The van der Waals surface area contributed by atoms with Gasteiger partial charge in [-0.2, -0.15) is 5.10 Å². The molecule has 2 fully saturated rings. The molecule has 1 atom stereocenters. The van der Waals surface area contributed by atoms with Crippen molar-refractivity contribution in [3.05, 3.63) is 48.3 Å². The molecule has 2 aliphatic heterocycles. The lowest BCUT2D eigenvalue weighted by molar-refractivity contribution is -0.100. The number of carbonyl (C=O) groups excluding carboxylic acids is 1. The van der Waals surface area contributed by atoms with Gasteiger partial charge in [0.05, 0.1) is 24.9 Å². The predicted octanol–water partition coefficient (Wildman–Crippen LogP) is 2.24. The smallest absolute Gasteiger partial charge is 0.274 e. The zero-order valence-electron chi connectivity index (χ0n) is 13.5. The van der Waals surface area contributed by atoms with E-state index in [4.69, 9.17) is 9.47 Å². The standard InChI is InChI=1S/C18H21N3O3/c22-17(15-9-11-21(19-15)14-6-2-1-3-7-14)20-10-5-4-8-16(20)18-23-12-13-24-18/h1-3,6-7,9,11,16,18H,4-5,8,10,12-13H2. The first-order valence-electron chi connectivity index (χ1n) is 8.48. The number of hydrogen-bond donors (Lipinski definition) is 0. The molecule has 1 aromatic heterocycles.